The molecule has 4 rings (SSSR count). The molecule has 6 atom stereocenters. The average Bonchev–Trinajstić information content (AvgIpc) is 2.76. The van der Waals surface area contributed by atoms with E-state index < -0.39 is 43.0 Å². The molecular weight excluding hydrogens is 367 g/mol. The Bertz CT molecular complexity index is 786. The Kier molecular flexibility index (Phi) is 5.68. The third-order valence-corrected chi connectivity index (χ3v) is 4.82. The van der Waals surface area contributed by atoms with Crippen LogP contribution in [0.5, 0.6) is 0 Å². The van der Waals surface area contributed by atoms with Gasteiger partial charge in [0.05, 0.1) is 12.2 Å². The van der Waals surface area contributed by atoms with Gasteiger partial charge in [0.25, 0.3) is 0 Å². The van der Waals surface area contributed by atoms with Gasteiger partial charge in [-0.1, -0.05) is 48.5 Å². The molecule has 0 bridgehead atoms. The van der Waals surface area contributed by atoms with Crippen molar-refractivity contribution in [1.82, 2.24) is 0 Å². The molecule has 6 nitrogen and oxygen atoms in total. The smallest absolute Gasteiger partial charge is 0.338 e. The zero-order valence-corrected chi connectivity index (χ0v) is 15.3. The zero-order chi connectivity index (χ0) is 19.5. The number of fused-ring (bicyclic) bond motifs is 1. The summed E-state index contributed by atoms with van der Waals surface area (Å²) in [7, 11) is 1.34. The Morgan fingerprint density at radius 2 is 1.71 bits per heavy atom. The molecule has 0 radical (unpaired) electrons. The van der Waals surface area contributed by atoms with Crippen LogP contribution in [0.15, 0.2) is 60.7 Å². The number of benzene rings is 2. The molecule has 0 aromatic heterocycles. The molecular formula is C21H21FO6. The zero-order valence-electron chi connectivity index (χ0n) is 15.3. The molecule has 0 N–H and O–H groups in total. The van der Waals surface area contributed by atoms with Crippen molar-refractivity contribution in [2.45, 2.75) is 37.1 Å². The molecule has 0 spiro atoms. The van der Waals surface area contributed by atoms with Gasteiger partial charge < -0.3 is 23.7 Å². The highest BCUT2D eigenvalue weighted by molar-refractivity contribution is 5.89. The van der Waals surface area contributed by atoms with Crippen LogP contribution in [0, 0.1) is 0 Å². The van der Waals surface area contributed by atoms with E-state index in [9.17, 15) is 4.79 Å². The van der Waals surface area contributed by atoms with E-state index in [1.54, 1.807) is 30.3 Å². The first kappa shape index (κ1) is 19.0. The van der Waals surface area contributed by atoms with Gasteiger partial charge in [-0.15, -0.1) is 0 Å². The van der Waals surface area contributed by atoms with Crippen LogP contribution in [0.3, 0.4) is 0 Å². The second kappa shape index (κ2) is 8.36. The summed E-state index contributed by atoms with van der Waals surface area (Å²) < 4.78 is 43.0. The Morgan fingerprint density at radius 1 is 1.04 bits per heavy atom. The van der Waals surface area contributed by atoms with Crippen LogP contribution >= 0.6 is 0 Å². The minimum atomic E-state index is -1.70. The second-order valence-electron chi connectivity index (χ2n) is 6.64. The lowest BCUT2D eigenvalue weighted by molar-refractivity contribution is -0.349. The van der Waals surface area contributed by atoms with Crippen LogP contribution in [-0.4, -0.2) is 50.5 Å². The minimum Gasteiger partial charge on any atom is -0.453 e. The number of carbonyl (C=O) groups is 1. The highest BCUT2D eigenvalue weighted by atomic mass is 19.1. The van der Waals surface area contributed by atoms with Crippen molar-refractivity contribution < 1.29 is 32.9 Å². The van der Waals surface area contributed by atoms with Crippen molar-refractivity contribution in [2.75, 3.05) is 13.7 Å². The summed E-state index contributed by atoms with van der Waals surface area (Å²) in [6.07, 6.45) is -6.20. The highest BCUT2D eigenvalue weighted by Gasteiger charge is 2.52. The summed E-state index contributed by atoms with van der Waals surface area (Å²) in [5.41, 5.74) is 1.12. The van der Waals surface area contributed by atoms with Crippen molar-refractivity contribution in [3.8, 4) is 0 Å². The van der Waals surface area contributed by atoms with E-state index in [0.717, 1.165) is 5.56 Å². The van der Waals surface area contributed by atoms with Crippen LogP contribution in [0.1, 0.15) is 22.2 Å². The lowest BCUT2D eigenvalue weighted by Crippen LogP contribution is -2.62. The van der Waals surface area contributed by atoms with Crippen LogP contribution in [0.25, 0.3) is 0 Å². The van der Waals surface area contributed by atoms with E-state index in [1.807, 2.05) is 30.3 Å². The van der Waals surface area contributed by atoms with Crippen molar-refractivity contribution in [2.24, 2.45) is 0 Å². The monoisotopic (exact) mass is 388 g/mol. The van der Waals surface area contributed by atoms with Crippen molar-refractivity contribution >= 4 is 5.97 Å². The summed E-state index contributed by atoms with van der Waals surface area (Å²) in [5, 5.41) is 0. The molecule has 0 amide bonds. The van der Waals surface area contributed by atoms with E-state index in [2.05, 4.69) is 0 Å². The molecule has 2 saturated heterocycles. The number of carbonyl (C=O) groups excluding carboxylic acids is 1. The van der Waals surface area contributed by atoms with Crippen LogP contribution in [-0.2, 0) is 23.7 Å². The molecule has 0 saturated carbocycles. The molecule has 2 heterocycles. The first-order valence-corrected chi connectivity index (χ1v) is 9.07. The first-order valence-electron chi connectivity index (χ1n) is 9.07. The summed E-state index contributed by atoms with van der Waals surface area (Å²) in [6.45, 7) is 0.163. The predicted octanol–water partition coefficient (Wildman–Crippen LogP) is 3.04. The highest BCUT2D eigenvalue weighted by Crippen LogP contribution is 2.36. The number of alkyl halides is 1. The summed E-state index contributed by atoms with van der Waals surface area (Å²) in [4.78, 5) is 12.5. The molecule has 28 heavy (non-hydrogen) atoms. The van der Waals surface area contributed by atoms with Crippen molar-refractivity contribution in [3.63, 3.8) is 0 Å². The van der Waals surface area contributed by atoms with Crippen LogP contribution in [0.4, 0.5) is 4.39 Å². The van der Waals surface area contributed by atoms with Crippen LogP contribution < -0.4 is 0 Å². The Labute approximate surface area is 162 Å². The van der Waals surface area contributed by atoms with E-state index in [1.165, 1.54) is 7.11 Å². The molecule has 2 aliphatic rings. The molecule has 2 fully saturated rings. The third kappa shape index (κ3) is 3.79. The Balaban J connectivity index is 1.56. The van der Waals surface area contributed by atoms with Gasteiger partial charge in [0.1, 0.15) is 12.2 Å². The quantitative estimate of drug-likeness (QED) is 0.751. The van der Waals surface area contributed by atoms with Gasteiger partial charge in [-0.2, -0.15) is 0 Å². The van der Waals surface area contributed by atoms with Gasteiger partial charge in [-0.05, 0) is 12.1 Å². The second-order valence-corrected chi connectivity index (χ2v) is 6.64. The van der Waals surface area contributed by atoms with Crippen molar-refractivity contribution in [3.05, 3.63) is 71.8 Å². The maximum Gasteiger partial charge on any atom is 0.338 e. The number of ether oxygens (including phenoxy) is 5. The van der Waals surface area contributed by atoms with Gasteiger partial charge in [-0.25, -0.2) is 9.18 Å². The van der Waals surface area contributed by atoms with Gasteiger partial charge in [-0.3, -0.25) is 0 Å². The number of methoxy groups -OCH3 is 1. The molecule has 1 unspecified atom stereocenters. The Hall–Kier alpha value is -2.32. The van der Waals surface area contributed by atoms with Gasteiger partial charge in [0, 0.05) is 12.7 Å². The maximum absolute atomic E-state index is 15.0. The van der Waals surface area contributed by atoms with E-state index in [0.29, 0.717) is 5.56 Å². The molecule has 2 aliphatic heterocycles. The molecule has 7 heteroatoms. The van der Waals surface area contributed by atoms with E-state index in [4.69, 9.17) is 23.7 Å². The SMILES string of the molecule is CO[C@@H]1O[C@@H]2COC(c3ccccc3)O[C@H]2[C@@H](OC(=O)c2ccccc2)[C@H]1F. The average molecular weight is 388 g/mol. The summed E-state index contributed by atoms with van der Waals surface area (Å²) in [5.74, 6) is -0.630. The number of halogens is 1. The maximum atomic E-state index is 15.0. The molecule has 148 valence electrons. The molecule has 2 aromatic carbocycles. The van der Waals surface area contributed by atoms with Crippen molar-refractivity contribution in [1.29, 1.82) is 0 Å². The van der Waals surface area contributed by atoms with Gasteiger partial charge in [0.2, 0.25) is 0 Å². The predicted molar refractivity (Wildman–Crippen MR) is 96.2 cm³/mol. The lowest BCUT2D eigenvalue weighted by atomic mass is 9.98. The third-order valence-electron chi connectivity index (χ3n) is 4.82. The van der Waals surface area contributed by atoms with Gasteiger partial charge >= 0.3 is 5.97 Å². The largest absolute Gasteiger partial charge is 0.453 e. The Morgan fingerprint density at radius 3 is 2.39 bits per heavy atom. The normalized spacial score (nSPS) is 32.4. The standard InChI is InChI=1S/C21H21FO6/c1-24-21-16(22)18(27-19(23)13-8-4-2-5-9-13)17-15(26-21)12-25-20(28-17)14-10-6-3-7-11-14/h2-11,15-18,20-21H,12H2,1H3/t15-,16-,17-,18+,20?,21-/m1/s1. The van der Waals surface area contributed by atoms with E-state index >= 15 is 4.39 Å². The first-order chi connectivity index (χ1) is 13.7. The summed E-state index contributed by atoms with van der Waals surface area (Å²) in [6, 6.07) is 17.7. The fourth-order valence-corrected chi connectivity index (χ4v) is 3.40. The number of esters is 1. The number of hydrogen-bond donors (Lipinski definition) is 0. The van der Waals surface area contributed by atoms with Crippen LogP contribution in [0.2, 0.25) is 0 Å². The lowest BCUT2D eigenvalue weighted by Gasteiger charge is -2.46. The van der Waals surface area contributed by atoms with Gasteiger partial charge in [0.15, 0.2) is 24.9 Å². The molecule has 2 aromatic rings. The molecule has 0 aliphatic carbocycles. The fourth-order valence-electron chi connectivity index (χ4n) is 3.40. The topological polar surface area (TPSA) is 63.2 Å². The number of rotatable bonds is 4. The fraction of sp³-hybridized carbons (Fsp3) is 0.381. The summed E-state index contributed by atoms with van der Waals surface area (Å²) >= 11 is 0. The minimum absolute atomic E-state index is 0.163. The number of hydrogen-bond acceptors (Lipinski definition) is 6. The van der Waals surface area contributed by atoms with E-state index in [-0.39, 0.29) is 6.61 Å².